The van der Waals surface area contributed by atoms with Gasteiger partial charge in [-0.15, -0.1) is 0 Å². The van der Waals surface area contributed by atoms with E-state index in [0.29, 0.717) is 36.6 Å². The zero-order valence-corrected chi connectivity index (χ0v) is 14.5. The van der Waals surface area contributed by atoms with Gasteiger partial charge < -0.3 is 20.1 Å². The molecule has 0 aliphatic heterocycles. The summed E-state index contributed by atoms with van der Waals surface area (Å²) in [7, 11) is 3.00. The van der Waals surface area contributed by atoms with Crippen LogP contribution in [0.5, 0.6) is 11.5 Å². The average molecular weight is 322 g/mol. The predicted molar refractivity (Wildman–Crippen MR) is 89.0 cm³/mol. The second-order valence-corrected chi connectivity index (χ2v) is 6.38. The Hall–Kier alpha value is -2.24. The molecule has 0 aromatic heterocycles. The largest absolute Gasteiger partial charge is 0.496 e. The van der Waals surface area contributed by atoms with E-state index in [1.165, 1.54) is 14.2 Å². The summed E-state index contributed by atoms with van der Waals surface area (Å²) >= 11 is 0. The Labute approximate surface area is 137 Å². The summed E-state index contributed by atoms with van der Waals surface area (Å²) in [5.41, 5.74) is 0.288. The summed E-state index contributed by atoms with van der Waals surface area (Å²) in [5.74, 6) is 0.559. The fourth-order valence-electron chi connectivity index (χ4n) is 2.09. The number of amides is 2. The van der Waals surface area contributed by atoms with Crippen molar-refractivity contribution in [2.24, 2.45) is 5.41 Å². The van der Waals surface area contributed by atoms with E-state index < -0.39 is 0 Å². The topological polar surface area (TPSA) is 76.7 Å². The molecule has 6 heteroatoms. The van der Waals surface area contributed by atoms with Crippen molar-refractivity contribution >= 4 is 11.8 Å². The number of rotatable bonds is 7. The molecule has 1 rings (SSSR count). The van der Waals surface area contributed by atoms with Gasteiger partial charge >= 0.3 is 0 Å². The van der Waals surface area contributed by atoms with Crippen LogP contribution < -0.4 is 20.1 Å². The van der Waals surface area contributed by atoms with Gasteiger partial charge in [-0.3, -0.25) is 9.59 Å². The van der Waals surface area contributed by atoms with Crippen LogP contribution in [0.25, 0.3) is 0 Å². The first-order chi connectivity index (χ1) is 10.8. The number of ether oxygens (including phenoxy) is 2. The highest BCUT2D eigenvalue weighted by molar-refractivity contribution is 5.99. The molecule has 6 nitrogen and oxygen atoms in total. The van der Waals surface area contributed by atoms with E-state index in [1.54, 1.807) is 18.2 Å². The van der Waals surface area contributed by atoms with Crippen LogP contribution in [0, 0.1) is 5.41 Å². The molecule has 0 atom stereocenters. The van der Waals surface area contributed by atoms with Crippen molar-refractivity contribution in [2.75, 3.05) is 27.3 Å². The van der Waals surface area contributed by atoms with E-state index in [4.69, 9.17) is 9.47 Å². The van der Waals surface area contributed by atoms with Crippen LogP contribution in [0.15, 0.2) is 18.2 Å². The van der Waals surface area contributed by atoms with Gasteiger partial charge in [0.1, 0.15) is 17.1 Å². The number of carbonyl (C=O) groups is 2. The second-order valence-electron chi connectivity index (χ2n) is 6.38. The highest BCUT2D eigenvalue weighted by Crippen LogP contribution is 2.27. The summed E-state index contributed by atoms with van der Waals surface area (Å²) < 4.78 is 10.4. The molecule has 0 saturated carbocycles. The van der Waals surface area contributed by atoms with Crippen LogP contribution in [-0.2, 0) is 4.79 Å². The van der Waals surface area contributed by atoms with Crippen LogP contribution in [-0.4, -0.2) is 39.1 Å². The quantitative estimate of drug-likeness (QED) is 0.753. The molecule has 0 unspecified atom stereocenters. The van der Waals surface area contributed by atoms with Crippen LogP contribution in [0.3, 0.4) is 0 Å². The first-order valence-corrected chi connectivity index (χ1v) is 7.54. The van der Waals surface area contributed by atoms with Crippen LogP contribution >= 0.6 is 0 Å². The second kappa shape index (κ2) is 8.41. The predicted octanol–water partition coefficient (Wildman–Crippen LogP) is 1.99. The van der Waals surface area contributed by atoms with Crippen molar-refractivity contribution in [3.63, 3.8) is 0 Å². The SMILES string of the molecule is COc1cccc(OC)c1C(=O)NCCNC(=O)CC(C)(C)C. The Morgan fingerprint density at radius 3 is 2.00 bits per heavy atom. The average Bonchev–Trinajstić information content (AvgIpc) is 2.48. The van der Waals surface area contributed by atoms with Gasteiger partial charge in [0.15, 0.2) is 0 Å². The molecule has 0 saturated heterocycles. The summed E-state index contributed by atoms with van der Waals surface area (Å²) in [6.45, 7) is 6.71. The van der Waals surface area contributed by atoms with Crippen molar-refractivity contribution in [3.8, 4) is 11.5 Å². The fourth-order valence-corrected chi connectivity index (χ4v) is 2.09. The molecule has 128 valence electrons. The molecule has 2 amide bonds. The lowest BCUT2D eigenvalue weighted by Gasteiger charge is -2.17. The molecule has 0 aliphatic rings. The van der Waals surface area contributed by atoms with E-state index in [-0.39, 0.29) is 17.2 Å². The standard InChI is InChI=1S/C17H26N2O4/c1-17(2,3)11-14(20)18-9-10-19-16(21)15-12(22-4)7-6-8-13(15)23-5/h6-8H,9-11H2,1-5H3,(H,18,20)(H,19,21). The number of hydrogen-bond donors (Lipinski definition) is 2. The van der Waals surface area contributed by atoms with Crippen molar-refractivity contribution in [1.29, 1.82) is 0 Å². The first-order valence-electron chi connectivity index (χ1n) is 7.54. The molecule has 0 spiro atoms. The summed E-state index contributed by atoms with van der Waals surface area (Å²) in [5, 5.41) is 5.54. The number of methoxy groups -OCH3 is 2. The van der Waals surface area contributed by atoms with E-state index in [9.17, 15) is 9.59 Å². The molecule has 0 fully saturated rings. The van der Waals surface area contributed by atoms with Gasteiger partial charge in [0.25, 0.3) is 5.91 Å². The highest BCUT2D eigenvalue weighted by Gasteiger charge is 2.18. The zero-order chi connectivity index (χ0) is 17.5. The Morgan fingerprint density at radius 1 is 1.00 bits per heavy atom. The van der Waals surface area contributed by atoms with Gasteiger partial charge in [0, 0.05) is 19.5 Å². The van der Waals surface area contributed by atoms with Crippen molar-refractivity contribution in [1.82, 2.24) is 10.6 Å². The van der Waals surface area contributed by atoms with Crippen LogP contribution in [0.4, 0.5) is 0 Å². The third kappa shape index (κ3) is 6.18. The Bertz CT molecular complexity index is 528. The maximum absolute atomic E-state index is 12.3. The Balaban J connectivity index is 2.54. The van der Waals surface area contributed by atoms with E-state index >= 15 is 0 Å². The molecular formula is C17H26N2O4. The third-order valence-corrected chi connectivity index (χ3v) is 3.08. The van der Waals surface area contributed by atoms with E-state index in [1.807, 2.05) is 20.8 Å². The van der Waals surface area contributed by atoms with Crippen molar-refractivity contribution in [2.45, 2.75) is 27.2 Å². The Kier molecular flexibility index (Phi) is 6.88. The third-order valence-electron chi connectivity index (χ3n) is 3.08. The van der Waals surface area contributed by atoms with Crippen molar-refractivity contribution < 1.29 is 19.1 Å². The van der Waals surface area contributed by atoms with Crippen LogP contribution in [0.2, 0.25) is 0 Å². The van der Waals surface area contributed by atoms with Gasteiger partial charge in [-0.2, -0.15) is 0 Å². The lowest BCUT2D eigenvalue weighted by molar-refractivity contribution is -0.122. The Morgan fingerprint density at radius 2 is 1.52 bits per heavy atom. The minimum atomic E-state index is -0.302. The number of carbonyl (C=O) groups excluding carboxylic acids is 2. The van der Waals surface area contributed by atoms with Gasteiger partial charge in [-0.25, -0.2) is 0 Å². The molecule has 0 radical (unpaired) electrons. The van der Waals surface area contributed by atoms with Gasteiger partial charge in [-0.1, -0.05) is 26.8 Å². The first kappa shape index (κ1) is 18.8. The highest BCUT2D eigenvalue weighted by atomic mass is 16.5. The smallest absolute Gasteiger partial charge is 0.258 e. The van der Waals surface area contributed by atoms with Gasteiger partial charge in [-0.05, 0) is 17.5 Å². The molecular weight excluding hydrogens is 296 g/mol. The maximum Gasteiger partial charge on any atom is 0.258 e. The monoisotopic (exact) mass is 322 g/mol. The molecule has 0 heterocycles. The van der Waals surface area contributed by atoms with Gasteiger partial charge in [0.2, 0.25) is 5.91 Å². The normalized spacial score (nSPS) is 10.8. The molecule has 0 aliphatic carbocycles. The summed E-state index contributed by atoms with van der Waals surface area (Å²) in [4.78, 5) is 24.0. The minimum absolute atomic E-state index is 0.0263. The number of nitrogens with one attached hydrogen (secondary N) is 2. The molecule has 23 heavy (non-hydrogen) atoms. The maximum atomic E-state index is 12.3. The van der Waals surface area contributed by atoms with E-state index in [0.717, 1.165) is 0 Å². The summed E-state index contributed by atoms with van der Waals surface area (Å²) in [6.07, 6.45) is 0.446. The lowest BCUT2D eigenvalue weighted by Crippen LogP contribution is -2.36. The lowest BCUT2D eigenvalue weighted by atomic mass is 9.92. The van der Waals surface area contributed by atoms with Gasteiger partial charge in [0.05, 0.1) is 14.2 Å². The van der Waals surface area contributed by atoms with E-state index in [2.05, 4.69) is 10.6 Å². The molecule has 1 aromatic carbocycles. The fraction of sp³-hybridized carbons (Fsp3) is 0.529. The zero-order valence-electron chi connectivity index (χ0n) is 14.5. The van der Waals surface area contributed by atoms with Crippen LogP contribution in [0.1, 0.15) is 37.6 Å². The number of hydrogen-bond acceptors (Lipinski definition) is 4. The summed E-state index contributed by atoms with van der Waals surface area (Å²) in [6, 6.07) is 5.15. The van der Waals surface area contributed by atoms with Crippen molar-refractivity contribution in [3.05, 3.63) is 23.8 Å². The molecule has 1 aromatic rings. The number of benzene rings is 1. The molecule has 2 N–H and O–H groups in total. The minimum Gasteiger partial charge on any atom is -0.496 e. The molecule has 0 bridgehead atoms.